The van der Waals surface area contributed by atoms with Gasteiger partial charge in [-0.15, -0.1) is 0 Å². The fourth-order valence-electron chi connectivity index (χ4n) is 2.90. The minimum Gasteiger partial charge on any atom is -0.507 e. The summed E-state index contributed by atoms with van der Waals surface area (Å²) in [6.07, 6.45) is 0.108. The molecule has 0 aliphatic rings. The minimum absolute atomic E-state index is 0.0657. The zero-order chi connectivity index (χ0) is 17.3. The smallest absolute Gasteiger partial charge is 0.343 e. The van der Waals surface area contributed by atoms with E-state index >= 15 is 0 Å². The van der Waals surface area contributed by atoms with Gasteiger partial charge in [0, 0.05) is 5.92 Å². The van der Waals surface area contributed by atoms with Crippen molar-refractivity contribution in [2.75, 3.05) is 0 Å². The summed E-state index contributed by atoms with van der Waals surface area (Å²) in [6, 6.07) is 14.5. The summed E-state index contributed by atoms with van der Waals surface area (Å²) in [5.74, 6) is -0.671. The van der Waals surface area contributed by atoms with E-state index in [9.17, 15) is 14.7 Å². The van der Waals surface area contributed by atoms with Crippen molar-refractivity contribution in [1.82, 2.24) is 0 Å². The summed E-state index contributed by atoms with van der Waals surface area (Å²) in [5.41, 5.74) is 1.63. The standard InChI is InChI=1S/C20H18O4/c1-12-8-9-15-18(10-12)24-20(23)17(19(15)22)11-16(13(2)21)14-6-4-3-5-7-14/h3-10,16,22H,11H2,1-2H3. The molecule has 3 rings (SSSR count). The van der Waals surface area contributed by atoms with Gasteiger partial charge in [0.05, 0.1) is 10.9 Å². The van der Waals surface area contributed by atoms with E-state index in [1.807, 2.05) is 43.3 Å². The number of aromatic hydroxyl groups is 1. The Balaban J connectivity index is 2.10. The van der Waals surface area contributed by atoms with Crippen molar-refractivity contribution < 1.29 is 14.3 Å². The molecule has 0 fully saturated rings. The number of Topliss-reactive ketones (excluding diaryl/α,β-unsaturated/α-hetero) is 1. The normalized spacial score (nSPS) is 12.2. The number of aryl methyl sites for hydroxylation is 1. The molecule has 1 aromatic heterocycles. The average molecular weight is 322 g/mol. The Hall–Kier alpha value is -2.88. The molecule has 0 saturated heterocycles. The van der Waals surface area contributed by atoms with Gasteiger partial charge in [0.15, 0.2) is 0 Å². The van der Waals surface area contributed by atoms with E-state index in [-0.39, 0.29) is 23.5 Å². The lowest BCUT2D eigenvalue weighted by molar-refractivity contribution is -0.118. The molecule has 2 aromatic carbocycles. The van der Waals surface area contributed by atoms with Crippen molar-refractivity contribution in [3.8, 4) is 5.75 Å². The number of ketones is 1. The number of rotatable bonds is 4. The van der Waals surface area contributed by atoms with Crippen LogP contribution in [0.15, 0.2) is 57.7 Å². The maximum absolute atomic E-state index is 12.3. The molecule has 0 bridgehead atoms. The summed E-state index contributed by atoms with van der Waals surface area (Å²) in [7, 11) is 0. The Kier molecular flexibility index (Phi) is 4.21. The van der Waals surface area contributed by atoms with E-state index in [0.717, 1.165) is 11.1 Å². The van der Waals surface area contributed by atoms with Crippen molar-refractivity contribution in [3.63, 3.8) is 0 Å². The first-order valence-corrected chi connectivity index (χ1v) is 7.78. The number of benzene rings is 2. The van der Waals surface area contributed by atoms with Crippen LogP contribution in [0.25, 0.3) is 11.0 Å². The summed E-state index contributed by atoms with van der Waals surface area (Å²) in [4.78, 5) is 24.4. The van der Waals surface area contributed by atoms with Gasteiger partial charge in [-0.1, -0.05) is 36.4 Å². The van der Waals surface area contributed by atoms with Crippen LogP contribution in [0.2, 0.25) is 0 Å². The van der Waals surface area contributed by atoms with E-state index in [1.165, 1.54) is 6.92 Å². The zero-order valence-corrected chi connectivity index (χ0v) is 13.6. The van der Waals surface area contributed by atoms with Crippen LogP contribution >= 0.6 is 0 Å². The van der Waals surface area contributed by atoms with Gasteiger partial charge >= 0.3 is 5.63 Å². The molecule has 1 N–H and O–H groups in total. The Morgan fingerprint density at radius 3 is 2.54 bits per heavy atom. The van der Waals surface area contributed by atoms with Crippen molar-refractivity contribution in [2.24, 2.45) is 0 Å². The third-order valence-electron chi connectivity index (χ3n) is 4.23. The minimum atomic E-state index is -0.604. The van der Waals surface area contributed by atoms with E-state index in [1.54, 1.807) is 12.1 Å². The number of fused-ring (bicyclic) bond motifs is 1. The van der Waals surface area contributed by atoms with Crippen LogP contribution in [0.5, 0.6) is 5.75 Å². The van der Waals surface area contributed by atoms with E-state index in [0.29, 0.717) is 11.0 Å². The Morgan fingerprint density at radius 2 is 1.88 bits per heavy atom. The molecule has 24 heavy (non-hydrogen) atoms. The number of carbonyl (C=O) groups is 1. The second-order valence-electron chi connectivity index (χ2n) is 5.99. The molecule has 1 heterocycles. The third-order valence-corrected chi connectivity index (χ3v) is 4.23. The lowest BCUT2D eigenvalue weighted by Crippen LogP contribution is -2.17. The molecule has 0 amide bonds. The molecule has 3 aromatic rings. The van der Waals surface area contributed by atoms with Gasteiger partial charge in [0.25, 0.3) is 0 Å². The predicted octanol–water partition coefficient (Wildman–Crippen LogP) is 3.72. The van der Waals surface area contributed by atoms with Crippen LogP contribution in [0, 0.1) is 6.92 Å². The average Bonchev–Trinajstić information content (AvgIpc) is 2.55. The van der Waals surface area contributed by atoms with Crippen molar-refractivity contribution in [1.29, 1.82) is 0 Å². The number of hydrogen-bond donors (Lipinski definition) is 1. The maximum Gasteiger partial charge on any atom is 0.343 e. The molecule has 1 atom stereocenters. The van der Waals surface area contributed by atoms with Crippen molar-refractivity contribution >= 4 is 16.8 Å². The topological polar surface area (TPSA) is 67.5 Å². The van der Waals surface area contributed by atoms with Crippen LogP contribution < -0.4 is 5.63 Å². The van der Waals surface area contributed by atoms with Crippen molar-refractivity contribution in [2.45, 2.75) is 26.2 Å². The first-order valence-electron chi connectivity index (χ1n) is 7.78. The molecule has 1 unspecified atom stereocenters. The molecule has 4 nitrogen and oxygen atoms in total. The predicted molar refractivity (Wildman–Crippen MR) is 92.5 cm³/mol. The summed E-state index contributed by atoms with van der Waals surface area (Å²) >= 11 is 0. The second-order valence-corrected chi connectivity index (χ2v) is 5.99. The second kappa shape index (κ2) is 6.32. The van der Waals surface area contributed by atoms with Gasteiger partial charge < -0.3 is 9.52 Å². The van der Waals surface area contributed by atoms with Crippen LogP contribution in [0.1, 0.15) is 29.5 Å². The maximum atomic E-state index is 12.3. The Bertz CT molecular complexity index is 955. The van der Waals surface area contributed by atoms with Gasteiger partial charge in [-0.05, 0) is 43.5 Å². The lowest BCUT2D eigenvalue weighted by atomic mass is 9.89. The molecule has 0 radical (unpaired) electrons. The molecule has 0 saturated carbocycles. The molecule has 122 valence electrons. The van der Waals surface area contributed by atoms with Crippen LogP contribution in [0.4, 0.5) is 0 Å². The lowest BCUT2D eigenvalue weighted by Gasteiger charge is -2.15. The Labute approximate surface area is 139 Å². The van der Waals surface area contributed by atoms with Crippen LogP contribution in [-0.2, 0) is 11.2 Å². The molecular weight excluding hydrogens is 304 g/mol. The third kappa shape index (κ3) is 2.95. The van der Waals surface area contributed by atoms with Crippen LogP contribution in [0.3, 0.4) is 0 Å². The summed E-state index contributed by atoms with van der Waals surface area (Å²) in [6.45, 7) is 3.37. The van der Waals surface area contributed by atoms with E-state index in [4.69, 9.17) is 4.42 Å². The highest BCUT2D eigenvalue weighted by Gasteiger charge is 2.23. The summed E-state index contributed by atoms with van der Waals surface area (Å²) < 4.78 is 5.34. The van der Waals surface area contributed by atoms with Gasteiger partial charge in [0.1, 0.15) is 17.1 Å². The fourth-order valence-corrected chi connectivity index (χ4v) is 2.90. The van der Waals surface area contributed by atoms with Gasteiger partial charge in [-0.3, -0.25) is 4.79 Å². The molecular formula is C20H18O4. The molecule has 0 aliphatic carbocycles. The zero-order valence-electron chi connectivity index (χ0n) is 13.6. The first kappa shape index (κ1) is 16.0. The van der Waals surface area contributed by atoms with Crippen molar-refractivity contribution in [3.05, 3.63) is 75.6 Å². The van der Waals surface area contributed by atoms with Gasteiger partial charge in [-0.2, -0.15) is 0 Å². The molecule has 0 aliphatic heterocycles. The number of carbonyl (C=O) groups excluding carboxylic acids is 1. The van der Waals surface area contributed by atoms with E-state index < -0.39 is 11.5 Å². The quantitative estimate of drug-likeness (QED) is 0.743. The first-order chi connectivity index (χ1) is 11.5. The highest BCUT2D eigenvalue weighted by molar-refractivity contribution is 5.86. The number of hydrogen-bond acceptors (Lipinski definition) is 4. The highest BCUT2D eigenvalue weighted by Crippen LogP contribution is 2.31. The molecule has 0 spiro atoms. The molecule has 4 heteroatoms. The fraction of sp³-hybridized carbons (Fsp3) is 0.200. The monoisotopic (exact) mass is 322 g/mol. The van der Waals surface area contributed by atoms with Gasteiger partial charge in [-0.25, -0.2) is 4.79 Å². The largest absolute Gasteiger partial charge is 0.507 e. The van der Waals surface area contributed by atoms with Crippen LogP contribution in [-0.4, -0.2) is 10.9 Å². The van der Waals surface area contributed by atoms with E-state index in [2.05, 4.69) is 0 Å². The SMILES string of the molecule is CC(=O)C(Cc1c(O)c2ccc(C)cc2oc1=O)c1ccccc1. The Morgan fingerprint density at radius 1 is 1.17 bits per heavy atom. The highest BCUT2D eigenvalue weighted by atomic mass is 16.4. The summed E-state index contributed by atoms with van der Waals surface area (Å²) in [5, 5.41) is 11.0. The van der Waals surface area contributed by atoms with Gasteiger partial charge in [0.2, 0.25) is 0 Å².